The van der Waals surface area contributed by atoms with E-state index in [-0.39, 0.29) is 6.10 Å². The molecule has 0 aliphatic rings. The molecule has 0 heterocycles. The van der Waals surface area contributed by atoms with Crippen LogP contribution in [0.4, 0.5) is 0 Å². The van der Waals surface area contributed by atoms with E-state index in [9.17, 15) is 0 Å². The second-order valence-electron chi connectivity index (χ2n) is 5.26. The fraction of sp³-hybridized carbons (Fsp3) is 0.368. The molecule has 0 aliphatic heterocycles. The number of unbranched alkanes of at least 4 members (excludes halogenated alkanes) is 1. The van der Waals surface area contributed by atoms with Crippen LogP contribution in [0.3, 0.4) is 0 Å². The summed E-state index contributed by atoms with van der Waals surface area (Å²) in [5.41, 5.74) is 2.31. The lowest BCUT2D eigenvalue weighted by molar-refractivity contribution is 0.0524. The van der Waals surface area contributed by atoms with Crippen molar-refractivity contribution in [2.45, 2.75) is 32.5 Å². The van der Waals surface area contributed by atoms with E-state index in [4.69, 9.17) is 21.1 Å². The quantitative estimate of drug-likeness (QED) is 0.457. The van der Waals surface area contributed by atoms with E-state index in [0.717, 1.165) is 24.2 Å². The van der Waals surface area contributed by atoms with Gasteiger partial charge in [-0.1, -0.05) is 42.5 Å². The topological polar surface area (TPSA) is 18.5 Å². The third kappa shape index (κ3) is 5.70. The number of rotatable bonds is 9. The first-order chi connectivity index (χ1) is 10.8. The maximum absolute atomic E-state index is 5.94. The minimum absolute atomic E-state index is 0.0339. The molecular formula is C19H23ClO2. The molecule has 2 nitrogen and oxygen atoms in total. The fourth-order valence-electron chi connectivity index (χ4n) is 2.14. The van der Waals surface area contributed by atoms with Crippen molar-refractivity contribution in [2.24, 2.45) is 0 Å². The zero-order chi connectivity index (χ0) is 15.6. The molecule has 22 heavy (non-hydrogen) atoms. The molecule has 0 spiro atoms. The molecule has 3 heteroatoms. The van der Waals surface area contributed by atoms with Gasteiger partial charge in [0.05, 0.1) is 19.3 Å². The van der Waals surface area contributed by atoms with Crippen molar-refractivity contribution in [3.63, 3.8) is 0 Å². The van der Waals surface area contributed by atoms with E-state index in [0.29, 0.717) is 19.1 Å². The molecule has 0 N–H and O–H groups in total. The Kier molecular flexibility index (Phi) is 7.27. The maximum Gasteiger partial charge on any atom is 0.119 e. The van der Waals surface area contributed by atoms with E-state index in [1.54, 1.807) is 0 Å². The van der Waals surface area contributed by atoms with Crippen molar-refractivity contribution in [3.8, 4) is 5.75 Å². The van der Waals surface area contributed by atoms with E-state index in [1.165, 1.54) is 5.56 Å². The molecule has 2 rings (SSSR count). The van der Waals surface area contributed by atoms with Gasteiger partial charge in [0.15, 0.2) is 0 Å². The largest absolute Gasteiger partial charge is 0.494 e. The summed E-state index contributed by atoms with van der Waals surface area (Å²) in [4.78, 5) is 0. The summed E-state index contributed by atoms with van der Waals surface area (Å²) < 4.78 is 11.7. The Morgan fingerprint density at radius 2 is 1.82 bits per heavy atom. The Balaban J connectivity index is 1.85. The standard InChI is InChI=1S/C19H23ClO2/c1-16(22-15-17-8-3-2-4-9-17)18-10-7-11-19(14-18)21-13-6-5-12-20/h2-4,7-11,14,16H,5-6,12-13,15H2,1H3. The molecule has 118 valence electrons. The molecule has 2 aromatic carbocycles. The molecule has 1 unspecified atom stereocenters. The van der Waals surface area contributed by atoms with Gasteiger partial charge in [0, 0.05) is 5.88 Å². The fourth-order valence-corrected chi connectivity index (χ4v) is 2.32. The van der Waals surface area contributed by atoms with Crippen molar-refractivity contribution >= 4 is 11.6 Å². The zero-order valence-corrected chi connectivity index (χ0v) is 13.8. The molecule has 0 amide bonds. The average Bonchev–Trinajstić information content (AvgIpc) is 2.58. The van der Waals surface area contributed by atoms with Gasteiger partial charge in [-0.2, -0.15) is 0 Å². The highest BCUT2D eigenvalue weighted by atomic mass is 35.5. The molecule has 0 fully saturated rings. The van der Waals surface area contributed by atoms with Crippen LogP contribution in [-0.2, 0) is 11.3 Å². The lowest BCUT2D eigenvalue weighted by Crippen LogP contribution is -2.02. The summed E-state index contributed by atoms with van der Waals surface area (Å²) in [6, 6.07) is 18.3. The lowest BCUT2D eigenvalue weighted by atomic mass is 10.1. The van der Waals surface area contributed by atoms with Crippen LogP contribution in [0.1, 0.15) is 37.0 Å². The Bertz CT molecular complexity index is 542. The highest BCUT2D eigenvalue weighted by molar-refractivity contribution is 6.17. The number of benzene rings is 2. The highest BCUT2D eigenvalue weighted by Crippen LogP contribution is 2.23. The Morgan fingerprint density at radius 3 is 2.59 bits per heavy atom. The van der Waals surface area contributed by atoms with Crippen LogP contribution in [0.15, 0.2) is 54.6 Å². The van der Waals surface area contributed by atoms with Crippen LogP contribution in [0.2, 0.25) is 0 Å². The molecule has 0 aromatic heterocycles. The summed E-state index contributed by atoms with van der Waals surface area (Å²) in [5.74, 6) is 1.58. The van der Waals surface area contributed by atoms with Gasteiger partial charge in [-0.05, 0) is 43.0 Å². The molecule has 2 aromatic rings. The monoisotopic (exact) mass is 318 g/mol. The van der Waals surface area contributed by atoms with Crippen LogP contribution < -0.4 is 4.74 Å². The van der Waals surface area contributed by atoms with E-state index >= 15 is 0 Å². The first kappa shape index (κ1) is 16.9. The normalized spacial score (nSPS) is 12.1. The van der Waals surface area contributed by atoms with Gasteiger partial charge >= 0.3 is 0 Å². The molecule has 0 bridgehead atoms. The second kappa shape index (κ2) is 9.50. The predicted molar refractivity (Wildman–Crippen MR) is 91.5 cm³/mol. The smallest absolute Gasteiger partial charge is 0.119 e. The second-order valence-corrected chi connectivity index (χ2v) is 5.63. The summed E-state index contributed by atoms with van der Waals surface area (Å²) >= 11 is 5.66. The summed E-state index contributed by atoms with van der Waals surface area (Å²) in [6.07, 6.45) is 2.00. The van der Waals surface area contributed by atoms with Gasteiger partial charge in [0.1, 0.15) is 5.75 Å². The average molecular weight is 319 g/mol. The Morgan fingerprint density at radius 1 is 1.00 bits per heavy atom. The first-order valence-electron chi connectivity index (χ1n) is 7.74. The van der Waals surface area contributed by atoms with Crippen molar-refractivity contribution in [1.29, 1.82) is 0 Å². The molecule has 1 atom stereocenters. The van der Waals surface area contributed by atoms with Crippen LogP contribution in [-0.4, -0.2) is 12.5 Å². The Hall–Kier alpha value is -1.51. The summed E-state index contributed by atoms with van der Waals surface area (Å²) in [7, 11) is 0. The van der Waals surface area contributed by atoms with Crippen molar-refractivity contribution in [3.05, 3.63) is 65.7 Å². The molecular weight excluding hydrogens is 296 g/mol. The minimum atomic E-state index is 0.0339. The van der Waals surface area contributed by atoms with Crippen molar-refractivity contribution in [2.75, 3.05) is 12.5 Å². The van der Waals surface area contributed by atoms with Crippen molar-refractivity contribution < 1.29 is 9.47 Å². The first-order valence-corrected chi connectivity index (χ1v) is 8.27. The zero-order valence-electron chi connectivity index (χ0n) is 13.0. The van der Waals surface area contributed by atoms with Crippen LogP contribution >= 0.6 is 11.6 Å². The summed E-state index contributed by atoms with van der Waals surface area (Å²) in [5, 5.41) is 0. The molecule has 0 saturated heterocycles. The lowest BCUT2D eigenvalue weighted by Gasteiger charge is -2.15. The number of hydrogen-bond acceptors (Lipinski definition) is 2. The maximum atomic E-state index is 5.94. The van der Waals surface area contributed by atoms with Gasteiger partial charge in [0.25, 0.3) is 0 Å². The summed E-state index contributed by atoms with van der Waals surface area (Å²) in [6.45, 7) is 3.38. The predicted octanol–water partition coefficient (Wildman–Crippen LogP) is 5.36. The van der Waals surface area contributed by atoms with E-state index < -0.39 is 0 Å². The van der Waals surface area contributed by atoms with Gasteiger partial charge < -0.3 is 9.47 Å². The van der Waals surface area contributed by atoms with E-state index in [2.05, 4.69) is 31.2 Å². The number of alkyl halides is 1. The van der Waals surface area contributed by atoms with Gasteiger partial charge in [-0.15, -0.1) is 11.6 Å². The minimum Gasteiger partial charge on any atom is -0.494 e. The third-order valence-electron chi connectivity index (χ3n) is 3.47. The van der Waals surface area contributed by atoms with Gasteiger partial charge in [0.2, 0.25) is 0 Å². The van der Waals surface area contributed by atoms with Crippen LogP contribution in [0.25, 0.3) is 0 Å². The van der Waals surface area contributed by atoms with Gasteiger partial charge in [-0.25, -0.2) is 0 Å². The third-order valence-corrected chi connectivity index (χ3v) is 3.73. The highest BCUT2D eigenvalue weighted by Gasteiger charge is 2.07. The van der Waals surface area contributed by atoms with Crippen molar-refractivity contribution in [1.82, 2.24) is 0 Å². The molecule has 0 aliphatic carbocycles. The number of hydrogen-bond donors (Lipinski definition) is 0. The van der Waals surface area contributed by atoms with E-state index in [1.807, 2.05) is 30.3 Å². The van der Waals surface area contributed by atoms with Gasteiger partial charge in [-0.3, -0.25) is 0 Å². The Labute approximate surface area is 138 Å². The van der Waals surface area contributed by atoms with Crippen LogP contribution in [0.5, 0.6) is 5.75 Å². The van der Waals surface area contributed by atoms with Crippen LogP contribution in [0, 0.1) is 0 Å². The molecule has 0 radical (unpaired) electrons. The number of ether oxygens (including phenoxy) is 2. The SMILES string of the molecule is CC(OCc1ccccc1)c1cccc(OCCCCCl)c1. The number of halogens is 1. The molecule has 0 saturated carbocycles.